The van der Waals surface area contributed by atoms with Crippen molar-refractivity contribution in [3.8, 4) is 0 Å². The Kier molecular flexibility index (Phi) is 5.29. The van der Waals surface area contributed by atoms with Gasteiger partial charge in [0.25, 0.3) is 5.91 Å². The molecule has 1 aliphatic heterocycles. The van der Waals surface area contributed by atoms with Crippen LogP contribution in [0.4, 0.5) is 0 Å². The molecule has 2 aliphatic rings. The fraction of sp³-hybridized carbons (Fsp3) is 0.435. The van der Waals surface area contributed by atoms with Gasteiger partial charge in [-0.3, -0.25) is 4.79 Å². The lowest BCUT2D eigenvalue weighted by molar-refractivity contribution is 0.0779. The Balaban J connectivity index is 1.43. The maximum Gasteiger partial charge on any atom is 0.253 e. The molecule has 1 aliphatic carbocycles. The third-order valence-corrected chi connectivity index (χ3v) is 7.34. The van der Waals surface area contributed by atoms with E-state index in [0.717, 1.165) is 30.8 Å². The first-order chi connectivity index (χ1) is 13.0. The second-order valence-corrected chi connectivity index (χ2v) is 9.15. The molecular weight excluding hydrogens is 352 g/mol. The third-order valence-electron chi connectivity index (χ3n) is 6.11. The van der Waals surface area contributed by atoms with Crippen molar-refractivity contribution in [1.82, 2.24) is 4.90 Å². The molecule has 1 saturated heterocycles. The Morgan fingerprint density at radius 1 is 1.15 bits per heavy atom. The maximum atomic E-state index is 13.0. The zero-order chi connectivity index (χ0) is 19.0. The topological polar surface area (TPSA) is 46.3 Å². The number of amides is 1. The van der Waals surface area contributed by atoms with E-state index in [2.05, 4.69) is 44.2 Å². The molecule has 1 saturated carbocycles. The molecule has 3 unspecified atom stereocenters. The molecule has 0 radical (unpaired) electrons. The quantitative estimate of drug-likeness (QED) is 0.800. The van der Waals surface area contributed by atoms with E-state index >= 15 is 0 Å². The molecule has 3 nitrogen and oxygen atoms in total. The Morgan fingerprint density at radius 2 is 2.00 bits per heavy atom. The van der Waals surface area contributed by atoms with Gasteiger partial charge in [0.15, 0.2) is 0 Å². The standard InChI is InChI=1S/C23H28N2OS/c1-15-6-7-16(2)22(10-15)27-14-17-4-3-5-18(11-17)23(26)25-12-19-8-9-21(24)20(19)13-25/h3-7,10-11,19-21H,8-9,12-14,24H2,1-2H3. The number of rotatable bonds is 4. The van der Waals surface area contributed by atoms with Gasteiger partial charge in [-0.25, -0.2) is 0 Å². The first-order valence-corrected chi connectivity index (χ1v) is 10.8. The molecule has 1 heterocycles. The van der Waals surface area contributed by atoms with Crippen LogP contribution < -0.4 is 5.73 Å². The fourth-order valence-corrected chi connectivity index (χ4v) is 5.54. The van der Waals surface area contributed by atoms with Crippen LogP contribution in [0.2, 0.25) is 0 Å². The van der Waals surface area contributed by atoms with E-state index in [9.17, 15) is 4.79 Å². The molecule has 4 heteroatoms. The average Bonchev–Trinajstić information content (AvgIpc) is 3.24. The molecule has 2 aromatic rings. The summed E-state index contributed by atoms with van der Waals surface area (Å²) in [5.41, 5.74) is 10.8. The lowest BCUT2D eigenvalue weighted by Crippen LogP contribution is -2.33. The van der Waals surface area contributed by atoms with E-state index in [4.69, 9.17) is 5.73 Å². The van der Waals surface area contributed by atoms with Crippen LogP contribution in [-0.2, 0) is 5.75 Å². The molecule has 4 rings (SSSR count). The molecule has 0 bridgehead atoms. The van der Waals surface area contributed by atoms with Gasteiger partial charge in [0.05, 0.1) is 0 Å². The molecule has 3 atom stereocenters. The number of aryl methyl sites for hydroxylation is 2. The number of nitrogens with zero attached hydrogens (tertiary/aromatic N) is 1. The SMILES string of the molecule is Cc1ccc(C)c(SCc2cccc(C(=O)N3CC4CCC(N)C4C3)c2)c1. The van der Waals surface area contributed by atoms with E-state index in [0.29, 0.717) is 11.8 Å². The molecular formula is C23H28N2OS. The first-order valence-electron chi connectivity index (χ1n) is 9.85. The summed E-state index contributed by atoms with van der Waals surface area (Å²) < 4.78 is 0. The van der Waals surface area contributed by atoms with Gasteiger partial charge in [-0.2, -0.15) is 0 Å². The van der Waals surface area contributed by atoms with Crippen LogP contribution in [-0.4, -0.2) is 29.9 Å². The van der Waals surface area contributed by atoms with Crippen molar-refractivity contribution >= 4 is 17.7 Å². The van der Waals surface area contributed by atoms with Crippen molar-refractivity contribution < 1.29 is 4.79 Å². The smallest absolute Gasteiger partial charge is 0.253 e. The highest BCUT2D eigenvalue weighted by Gasteiger charge is 2.42. The number of benzene rings is 2. The number of carbonyl (C=O) groups excluding carboxylic acids is 1. The Bertz CT molecular complexity index is 850. The number of thioether (sulfide) groups is 1. The lowest BCUT2D eigenvalue weighted by Gasteiger charge is -2.19. The van der Waals surface area contributed by atoms with Crippen LogP contribution in [0.1, 0.15) is 39.9 Å². The summed E-state index contributed by atoms with van der Waals surface area (Å²) in [4.78, 5) is 16.3. The molecule has 0 spiro atoms. The summed E-state index contributed by atoms with van der Waals surface area (Å²) in [7, 11) is 0. The van der Waals surface area contributed by atoms with Crippen LogP contribution in [0.5, 0.6) is 0 Å². The number of likely N-dealkylation sites (tertiary alicyclic amines) is 1. The van der Waals surface area contributed by atoms with Crippen LogP contribution >= 0.6 is 11.8 Å². The second kappa shape index (κ2) is 7.69. The van der Waals surface area contributed by atoms with E-state index in [1.165, 1.54) is 28.0 Å². The van der Waals surface area contributed by atoms with Gasteiger partial charge in [-0.1, -0.05) is 29.8 Å². The summed E-state index contributed by atoms with van der Waals surface area (Å²) >= 11 is 1.84. The monoisotopic (exact) mass is 380 g/mol. The summed E-state index contributed by atoms with van der Waals surface area (Å²) in [6.45, 7) is 5.97. The van der Waals surface area contributed by atoms with Crippen molar-refractivity contribution in [3.63, 3.8) is 0 Å². The zero-order valence-electron chi connectivity index (χ0n) is 16.2. The minimum atomic E-state index is 0.162. The summed E-state index contributed by atoms with van der Waals surface area (Å²) in [5, 5.41) is 0. The second-order valence-electron chi connectivity index (χ2n) is 8.13. The van der Waals surface area contributed by atoms with Gasteiger partial charge in [-0.05, 0) is 67.9 Å². The summed E-state index contributed by atoms with van der Waals surface area (Å²) in [6, 6.07) is 15.0. The third kappa shape index (κ3) is 3.92. The van der Waals surface area contributed by atoms with Gasteiger partial charge < -0.3 is 10.6 Å². The predicted molar refractivity (Wildman–Crippen MR) is 112 cm³/mol. The van der Waals surface area contributed by atoms with Crippen LogP contribution in [0.3, 0.4) is 0 Å². The highest BCUT2D eigenvalue weighted by molar-refractivity contribution is 7.98. The Hall–Kier alpha value is -1.78. The van der Waals surface area contributed by atoms with E-state index < -0.39 is 0 Å². The highest BCUT2D eigenvalue weighted by Crippen LogP contribution is 2.37. The molecule has 2 N–H and O–H groups in total. The van der Waals surface area contributed by atoms with E-state index in [-0.39, 0.29) is 11.9 Å². The lowest BCUT2D eigenvalue weighted by atomic mass is 9.98. The fourth-order valence-electron chi connectivity index (χ4n) is 4.47. The van der Waals surface area contributed by atoms with Crippen molar-refractivity contribution in [3.05, 3.63) is 64.7 Å². The van der Waals surface area contributed by atoms with Crippen LogP contribution in [0.15, 0.2) is 47.4 Å². The average molecular weight is 381 g/mol. The van der Waals surface area contributed by atoms with E-state index in [1.807, 2.05) is 28.8 Å². The largest absolute Gasteiger partial charge is 0.338 e. The van der Waals surface area contributed by atoms with Crippen molar-refractivity contribution in [2.75, 3.05) is 13.1 Å². The number of carbonyl (C=O) groups is 1. The molecule has 27 heavy (non-hydrogen) atoms. The normalized spacial score (nSPS) is 24.3. The highest BCUT2D eigenvalue weighted by atomic mass is 32.2. The minimum absolute atomic E-state index is 0.162. The molecule has 0 aromatic heterocycles. The molecule has 142 valence electrons. The van der Waals surface area contributed by atoms with Gasteiger partial charge in [-0.15, -0.1) is 11.8 Å². The number of fused-ring (bicyclic) bond motifs is 1. The van der Waals surface area contributed by atoms with Gasteiger partial charge >= 0.3 is 0 Å². The molecule has 2 aromatic carbocycles. The zero-order valence-corrected chi connectivity index (χ0v) is 17.0. The van der Waals surface area contributed by atoms with Crippen LogP contribution in [0, 0.1) is 25.7 Å². The first kappa shape index (κ1) is 18.6. The number of hydrogen-bond donors (Lipinski definition) is 1. The minimum Gasteiger partial charge on any atom is -0.338 e. The molecule has 1 amide bonds. The van der Waals surface area contributed by atoms with Gasteiger partial charge in [0, 0.05) is 35.3 Å². The van der Waals surface area contributed by atoms with Crippen molar-refractivity contribution in [2.24, 2.45) is 17.6 Å². The Morgan fingerprint density at radius 3 is 2.81 bits per heavy atom. The van der Waals surface area contributed by atoms with Gasteiger partial charge in [0.1, 0.15) is 0 Å². The van der Waals surface area contributed by atoms with E-state index in [1.54, 1.807) is 0 Å². The number of nitrogens with two attached hydrogens (primary N) is 1. The maximum absolute atomic E-state index is 13.0. The van der Waals surface area contributed by atoms with Crippen molar-refractivity contribution in [2.45, 2.75) is 43.4 Å². The number of hydrogen-bond acceptors (Lipinski definition) is 3. The Labute approximate surface area is 166 Å². The summed E-state index contributed by atoms with van der Waals surface area (Å²) in [5.74, 6) is 2.14. The van der Waals surface area contributed by atoms with Gasteiger partial charge in [0.2, 0.25) is 0 Å². The van der Waals surface area contributed by atoms with Crippen LogP contribution in [0.25, 0.3) is 0 Å². The predicted octanol–water partition coefficient (Wildman–Crippen LogP) is 4.41. The molecule has 2 fully saturated rings. The summed E-state index contributed by atoms with van der Waals surface area (Å²) in [6.07, 6.45) is 2.28. The van der Waals surface area contributed by atoms with Crippen molar-refractivity contribution in [1.29, 1.82) is 0 Å².